The quantitative estimate of drug-likeness (QED) is 0.770. The third-order valence-electron chi connectivity index (χ3n) is 4.63. The molecule has 0 aliphatic carbocycles. The van der Waals surface area contributed by atoms with E-state index in [1.165, 1.54) is 6.07 Å². The van der Waals surface area contributed by atoms with Crippen molar-refractivity contribution in [1.82, 2.24) is 20.1 Å². The van der Waals surface area contributed by atoms with Gasteiger partial charge in [0, 0.05) is 42.5 Å². The van der Waals surface area contributed by atoms with Crippen LogP contribution in [0.25, 0.3) is 11.3 Å². The van der Waals surface area contributed by atoms with Gasteiger partial charge in [-0.2, -0.15) is 5.10 Å². The number of carbonyl (C=O) groups is 1. The fourth-order valence-corrected chi connectivity index (χ4v) is 3.32. The first-order valence-corrected chi connectivity index (χ1v) is 8.87. The van der Waals surface area contributed by atoms with Crippen LogP contribution in [0.1, 0.15) is 28.5 Å². The summed E-state index contributed by atoms with van der Waals surface area (Å²) in [6.07, 6.45) is 2.23. The Morgan fingerprint density at radius 2 is 2.15 bits per heavy atom. The minimum absolute atomic E-state index is 0.155. The summed E-state index contributed by atoms with van der Waals surface area (Å²) in [6, 6.07) is 9.95. The molecule has 0 atom stereocenters. The molecule has 0 spiro atoms. The van der Waals surface area contributed by atoms with Gasteiger partial charge in [0.25, 0.3) is 5.91 Å². The molecule has 0 saturated carbocycles. The highest BCUT2D eigenvalue weighted by Gasteiger charge is 2.28. The van der Waals surface area contributed by atoms with Crippen molar-refractivity contribution >= 4 is 5.91 Å². The van der Waals surface area contributed by atoms with Crippen LogP contribution in [0, 0.1) is 5.82 Å². The molecule has 0 fully saturated rings. The van der Waals surface area contributed by atoms with Crippen LogP contribution in [0.3, 0.4) is 0 Å². The molecular formula is C20H19FN4O2. The topological polar surface area (TPSA) is 71.1 Å². The van der Waals surface area contributed by atoms with Crippen LogP contribution in [-0.2, 0) is 13.0 Å². The molecule has 1 amide bonds. The zero-order valence-corrected chi connectivity index (χ0v) is 14.9. The normalized spacial score (nSPS) is 13.3. The summed E-state index contributed by atoms with van der Waals surface area (Å²) < 4.78 is 19.7. The van der Waals surface area contributed by atoms with Crippen molar-refractivity contribution in [2.75, 3.05) is 13.2 Å². The largest absolute Gasteiger partial charge is 0.477 e. The number of carbonyl (C=O) groups excluding carboxylic acids is 1. The van der Waals surface area contributed by atoms with Crippen LogP contribution < -0.4 is 4.74 Å². The van der Waals surface area contributed by atoms with E-state index in [1.54, 1.807) is 41.4 Å². The van der Waals surface area contributed by atoms with E-state index >= 15 is 0 Å². The Balaban J connectivity index is 1.65. The number of fused-ring (bicyclic) bond motifs is 1. The maximum Gasteiger partial charge on any atom is 0.259 e. The molecule has 3 heterocycles. The van der Waals surface area contributed by atoms with Crippen molar-refractivity contribution in [2.24, 2.45) is 0 Å². The van der Waals surface area contributed by atoms with Crippen LogP contribution in [-0.4, -0.2) is 39.1 Å². The van der Waals surface area contributed by atoms with Gasteiger partial charge in [-0.1, -0.05) is 12.1 Å². The van der Waals surface area contributed by atoms with Gasteiger partial charge in [0.2, 0.25) is 5.88 Å². The summed E-state index contributed by atoms with van der Waals surface area (Å²) in [6.45, 7) is 3.18. The third kappa shape index (κ3) is 3.16. The van der Waals surface area contributed by atoms with E-state index in [2.05, 4.69) is 15.2 Å². The SMILES string of the molecule is CCOc1ncccc1C(=O)N1CCc2[nH]nc(-c3ccccc3F)c2C1. The van der Waals surface area contributed by atoms with E-state index in [0.717, 1.165) is 11.3 Å². The average molecular weight is 366 g/mol. The summed E-state index contributed by atoms with van der Waals surface area (Å²) in [4.78, 5) is 18.9. The van der Waals surface area contributed by atoms with Gasteiger partial charge < -0.3 is 9.64 Å². The van der Waals surface area contributed by atoms with Crippen molar-refractivity contribution in [3.8, 4) is 17.1 Å². The monoisotopic (exact) mass is 366 g/mol. The molecule has 0 bridgehead atoms. The van der Waals surface area contributed by atoms with E-state index < -0.39 is 0 Å². The summed E-state index contributed by atoms with van der Waals surface area (Å²) >= 11 is 0. The number of aromatic nitrogens is 3. The molecule has 1 aliphatic heterocycles. The summed E-state index contributed by atoms with van der Waals surface area (Å²) in [7, 11) is 0. The Labute approximate surface area is 156 Å². The minimum atomic E-state index is -0.332. The van der Waals surface area contributed by atoms with Gasteiger partial charge >= 0.3 is 0 Å². The average Bonchev–Trinajstić information content (AvgIpc) is 3.11. The number of hydrogen-bond acceptors (Lipinski definition) is 4. The standard InChI is InChI=1S/C20H19FN4O2/c1-2-27-19-14(7-5-10-22-19)20(26)25-11-9-17-15(12-25)18(24-23-17)13-6-3-4-8-16(13)21/h3-8,10H,2,9,11-12H2,1H3,(H,23,24). The number of pyridine rings is 1. The molecule has 3 aromatic rings. The first-order valence-electron chi connectivity index (χ1n) is 8.87. The number of nitrogens with one attached hydrogen (secondary N) is 1. The molecule has 6 nitrogen and oxygen atoms in total. The Kier molecular flexibility index (Phi) is 4.58. The number of hydrogen-bond donors (Lipinski definition) is 1. The van der Waals surface area contributed by atoms with Crippen LogP contribution in [0.4, 0.5) is 4.39 Å². The molecule has 1 N–H and O–H groups in total. The highest BCUT2D eigenvalue weighted by atomic mass is 19.1. The van der Waals surface area contributed by atoms with E-state index in [-0.39, 0.29) is 11.7 Å². The summed E-state index contributed by atoms with van der Waals surface area (Å²) in [5, 5.41) is 7.29. The predicted octanol–water partition coefficient (Wildman–Crippen LogP) is 3.21. The molecule has 0 radical (unpaired) electrons. The van der Waals surface area contributed by atoms with Crippen molar-refractivity contribution in [1.29, 1.82) is 0 Å². The Morgan fingerprint density at radius 3 is 2.96 bits per heavy atom. The lowest BCUT2D eigenvalue weighted by Crippen LogP contribution is -2.36. The van der Waals surface area contributed by atoms with Crippen LogP contribution in [0.15, 0.2) is 42.6 Å². The Bertz CT molecular complexity index is 986. The maximum absolute atomic E-state index is 14.2. The van der Waals surface area contributed by atoms with Crippen molar-refractivity contribution in [3.05, 3.63) is 65.2 Å². The molecule has 1 aromatic carbocycles. The molecule has 1 aliphatic rings. The van der Waals surface area contributed by atoms with E-state index in [0.29, 0.717) is 48.8 Å². The van der Waals surface area contributed by atoms with Crippen LogP contribution >= 0.6 is 0 Å². The third-order valence-corrected chi connectivity index (χ3v) is 4.63. The van der Waals surface area contributed by atoms with Gasteiger partial charge in [0.1, 0.15) is 17.1 Å². The van der Waals surface area contributed by atoms with Gasteiger partial charge in [-0.15, -0.1) is 0 Å². The second-order valence-corrected chi connectivity index (χ2v) is 6.28. The van der Waals surface area contributed by atoms with Crippen LogP contribution in [0.5, 0.6) is 5.88 Å². The predicted molar refractivity (Wildman–Crippen MR) is 97.8 cm³/mol. The van der Waals surface area contributed by atoms with E-state index in [1.807, 2.05) is 6.92 Å². The van der Waals surface area contributed by atoms with E-state index in [4.69, 9.17) is 4.74 Å². The number of H-pyrrole nitrogens is 1. The van der Waals surface area contributed by atoms with Gasteiger partial charge in [0.05, 0.1) is 6.61 Å². The molecule has 0 unspecified atom stereocenters. The van der Waals surface area contributed by atoms with Gasteiger partial charge in [-0.25, -0.2) is 9.37 Å². The Hall–Kier alpha value is -3.22. The number of halogens is 1. The second-order valence-electron chi connectivity index (χ2n) is 6.28. The van der Waals surface area contributed by atoms with Crippen LogP contribution in [0.2, 0.25) is 0 Å². The molecule has 2 aromatic heterocycles. The molecule has 138 valence electrons. The van der Waals surface area contributed by atoms with Crippen molar-refractivity contribution in [2.45, 2.75) is 19.9 Å². The molecule has 4 rings (SSSR count). The molecule has 0 saturated heterocycles. The smallest absolute Gasteiger partial charge is 0.259 e. The first kappa shape index (κ1) is 17.2. The van der Waals surface area contributed by atoms with Crippen molar-refractivity contribution in [3.63, 3.8) is 0 Å². The number of benzene rings is 1. The van der Waals surface area contributed by atoms with Gasteiger partial charge in [0.15, 0.2) is 0 Å². The zero-order valence-electron chi connectivity index (χ0n) is 14.9. The molecular weight excluding hydrogens is 347 g/mol. The zero-order chi connectivity index (χ0) is 18.8. The number of nitrogens with zero attached hydrogens (tertiary/aromatic N) is 3. The first-order chi connectivity index (χ1) is 13.2. The summed E-state index contributed by atoms with van der Waals surface area (Å²) in [5.41, 5.74) is 3.20. The van der Waals surface area contributed by atoms with Gasteiger partial charge in [-0.3, -0.25) is 9.89 Å². The Morgan fingerprint density at radius 1 is 1.30 bits per heavy atom. The number of ether oxygens (including phenoxy) is 1. The lowest BCUT2D eigenvalue weighted by Gasteiger charge is -2.27. The highest BCUT2D eigenvalue weighted by molar-refractivity contribution is 5.96. The second kappa shape index (κ2) is 7.19. The lowest BCUT2D eigenvalue weighted by molar-refractivity contribution is 0.0729. The number of aromatic amines is 1. The van der Waals surface area contributed by atoms with Crippen molar-refractivity contribution < 1.29 is 13.9 Å². The molecule has 27 heavy (non-hydrogen) atoms. The molecule has 7 heteroatoms. The number of rotatable bonds is 4. The minimum Gasteiger partial charge on any atom is -0.477 e. The lowest BCUT2D eigenvalue weighted by atomic mass is 10.00. The van der Waals surface area contributed by atoms with Gasteiger partial charge in [-0.05, 0) is 31.2 Å². The maximum atomic E-state index is 14.2. The highest BCUT2D eigenvalue weighted by Crippen LogP contribution is 2.31. The number of amides is 1. The fraction of sp³-hybridized carbons (Fsp3) is 0.250. The fourth-order valence-electron chi connectivity index (χ4n) is 3.32. The summed E-state index contributed by atoms with van der Waals surface area (Å²) in [5.74, 6) is -0.156. The van der Waals surface area contributed by atoms with E-state index in [9.17, 15) is 9.18 Å².